The second-order valence-corrected chi connectivity index (χ2v) is 12.0. The fourth-order valence-corrected chi connectivity index (χ4v) is 6.42. The molecule has 1 aliphatic rings. The van der Waals surface area contributed by atoms with E-state index >= 15 is 0 Å². The summed E-state index contributed by atoms with van der Waals surface area (Å²) in [5, 5.41) is 0.959. The van der Waals surface area contributed by atoms with Crippen LogP contribution in [0.4, 0.5) is 0 Å². The van der Waals surface area contributed by atoms with E-state index < -0.39 is 12.0 Å². The zero-order valence-corrected chi connectivity index (χ0v) is 27.6. The van der Waals surface area contributed by atoms with Gasteiger partial charge in [-0.3, -0.25) is 9.36 Å². The highest BCUT2D eigenvalue weighted by Crippen LogP contribution is 2.38. The minimum Gasteiger partial charge on any atom is -0.497 e. The Bertz CT molecular complexity index is 1930. The molecule has 0 amide bonds. The topological polar surface area (TPSA) is 88.4 Å². The number of allylic oxidation sites excluding steroid dienone is 1. The molecule has 1 aliphatic heterocycles. The first-order valence-corrected chi connectivity index (χ1v) is 16.0. The van der Waals surface area contributed by atoms with Gasteiger partial charge in [-0.1, -0.05) is 66.1 Å². The molecule has 5 rings (SSSR count). The lowest BCUT2D eigenvalue weighted by Crippen LogP contribution is -2.40. The minimum atomic E-state index is -0.828. The molecule has 234 valence electrons. The average molecular weight is 668 g/mol. The molecule has 3 aromatic carbocycles. The van der Waals surface area contributed by atoms with Gasteiger partial charge < -0.3 is 18.9 Å². The molecular formula is C34H32Cl2N2O6S. The van der Waals surface area contributed by atoms with Crippen molar-refractivity contribution in [1.29, 1.82) is 0 Å². The molecular weight excluding hydrogens is 635 g/mol. The van der Waals surface area contributed by atoms with E-state index in [-0.39, 0.29) is 12.2 Å². The second-order valence-electron chi connectivity index (χ2n) is 10.1. The summed E-state index contributed by atoms with van der Waals surface area (Å²) in [6.07, 6.45) is 3.09. The molecule has 0 N–H and O–H groups in total. The molecule has 1 aromatic heterocycles. The lowest BCUT2D eigenvalue weighted by atomic mass is 9.93. The lowest BCUT2D eigenvalue weighted by Gasteiger charge is -2.27. The van der Waals surface area contributed by atoms with Crippen LogP contribution in [-0.2, 0) is 16.1 Å². The molecule has 0 radical (unpaired) electrons. The number of hydrogen-bond acceptors (Lipinski definition) is 8. The number of carbonyl (C=O) groups excluding carboxylic acids is 1. The fourth-order valence-electron chi connectivity index (χ4n) is 5.08. The number of esters is 1. The van der Waals surface area contributed by atoms with E-state index in [4.69, 9.17) is 47.1 Å². The largest absolute Gasteiger partial charge is 0.497 e. The number of nitrogens with zero attached hydrogens (tertiary/aromatic N) is 2. The van der Waals surface area contributed by atoms with E-state index in [0.29, 0.717) is 66.5 Å². The van der Waals surface area contributed by atoms with Gasteiger partial charge in [-0.05, 0) is 73.0 Å². The van der Waals surface area contributed by atoms with Crippen LogP contribution >= 0.6 is 34.5 Å². The summed E-state index contributed by atoms with van der Waals surface area (Å²) < 4.78 is 24.6. The molecule has 8 nitrogen and oxygen atoms in total. The van der Waals surface area contributed by atoms with Crippen LogP contribution < -0.4 is 29.1 Å². The number of ether oxygens (including phenoxy) is 4. The number of methoxy groups -OCH3 is 2. The Kier molecular flexibility index (Phi) is 10.3. The van der Waals surface area contributed by atoms with Gasteiger partial charge in [0.25, 0.3) is 5.56 Å². The molecule has 0 aliphatic carbocycles. The Morgan fingerprint density at radius 1 is 0.978 bits per heavy atom. The van der Waals surface area contributed by atoms with E-state index in [0.717, 1.165) is 17.5 Å². The van der Waals surface area contributed by atoms with Crippen LogP contribution in [0.5, 0.6) is 17.2 Å². The molecule has 45 heavy (non-hydrogen) atoms. The fraction of sp³-hybridized carbons (Fsp3) is 0.265. The van der Waals surface area contributed by atoms with E-state index in [1.807, 2.05) is 37.3 Å². The molecule has 11 heteroatoms. The van der Waals surface area contributed by atoms with Crippen molar-refractivity contribution >= 4 is 46.6 Å². The Labute approximate surface area is 274 Å². The van der Waals surface area contributed by atoms with Gasteiger partial charge in [0, 0.05) is 5.56 Å². The number of thiazole rings is 1. The maximum atomic E-state index is 14.1. The second kappa shape index (κ2) is 14.4. The van der Waals surface area contributed by atoms with Crippen molar-refractivity contribution in [3.05, 3.63) is 118 Å². The third kappa shape index (κ3) is 6.96. The third-order valence-corrected chi connectivity index (χ3v) is 8.91. The normalized spacial score (nSPS) is 14.5. The summed E-state index contributed by atoms with van der Waals surface area (Å²) in [5.74, 6) is 1.21. The zero-order chi connectivity index (χ0) is 32.1. The maximum Gasteiger partial charge on any atom is 0.338 e. The van der Waals surface area contributed by atoms with Crippen molar-refractivity contribution in [1.82, 2.24) is 4.57 Å². The van der Waals surface area contributed by atoms with Crippen LogP contribution in [0.2, 0.25) is 10.0 Å². The van der Waals surface area contributed by atoms with Crippen LogP contribution in [0.15, 0.2) is 81.7 Å². The Morgan fingerprint density at radius 2 is 1.73 bits per heavy atom. The van der Waals surface area contributed by atoms with Gasteiger partial charge in [-0.25, -0.2) is 9.79 Å². The van der Waals surface area contributed by atoms with Gasteiger partial charge in [0.05, 0.1) is 46.7 Å². The number of halogens is 2. The number of fused-ring (bicyclic) bond motifs is 1. The predicted octanol–water partition coefficient (Wildman–Crippen LogP) is 6.48. The summed E-state index contributed by atoms with van der Waals surface area (Å²) in [5.41, 5.74) is 2.90. The number of hydrogen-bond donors (Lipinski definition) is 0. The van der Waals surface area contributed by atoms with E-state index in [9.17, 15) is 9.59 Å². The van der Waals surface area contributed by atoms with Gasteiger partial charge >= 0.3 is 5.97 Å². The van der Waals surface area contributed by atoms with E-state index in [1.54, 1.807) is 62.1 Å². The quantitative estimate of drug-likeness (QED) is 0.170. The highest BCUT2D eigenvalue weighted by molar-refractivity contribution is 7.07. The predicted molar refractivity (Wildman–Crippen MR) is 176 cm³/mol. The monoisotopic (exact) mass is 666 g/mol. The van der Waals surface area contributed by atoms with Crippen molar-refractivity contribution in [2.24, 2.45) is 4.99 Å². The maximum absolute atomic E-state index is 14.1. The highest BCUT2D eigenvalue weighted by Gasteiger charge is 2.36. The third-order valence-electron chi connectivity index (χ3n) is 7.19. The molecule has 2 heterocycles. The first-order valence-electron chi connectivity index (χ1n) is 14.4. The van der Waals surface area contributed by atoms with Crippen molar-refractivity contribution in [3.63, 3.8) is 0 Å². The summed E-state index contributed by atoms with van der Waals surface area (Å²) in [6.45, 7) is 4.27. The smallest absolute Gasteiger partial charge is 0.338 e. The first kappa shape index (κ1) is 32.3. The van der Waals surface area contributed by atoms with Crippen LogP contribution in [0.3, 0.4) is 0 Å². The zero-order valence-electron chi connectivity index (χ0n) is 25.3. The lowest BCUT2D eigenvalue weighted by molar-refractivity contribution is -0.139. The summed E-state index contributed by atoms with van der Waals surface area (Å²) in [4.78, 5) is 32.9. The molecule has 0 fully saturated rings. The van der Waals surface area contributed by atoms with Gasteiger partial charge in [0.15, 0.2) is 4.80 Å². The molecule has 0 spiro atoms. The van der Waals surface area contributed by atoms with Gasteiger partial charge in [-0.15, -0.1) is 0 Å². The SMILES string of the molecule is CCCC1=C(C(=O)OCC)[C@H](c2cc(OC)ccc2OC)n2c(s/c(=C/c3ccc(OCc4ccc(Cl)c(Cl)c4)cc3)c2=O)=N1. The average Bonchev–Trinajstić information content (AvgIpc) is 3.35. The van der Waals surface area contributed by atoms with Crippen LogP contribution in [0.25, 0.3) is 6.08 Å². The molecule has 4 aromatic rings. The number of carbonyl (C=O) groups is 1. The van der Waals surface area contributed by atoms with Crippen molar-refractivity contribution in [3.8, 4) is 17.2 Å². The molecule has 0 unspecified atom stereocenters. The van der Waals surface area contributed by atoms with E-state index in [2.05, 4.69) is 0 Å². The van der Waals surface area contributed by atoms with Gasteiger partial charge in [0.1, 0.15) is 29.9 Å². The van der Waals surface area contributed by atoms with E-state index in [1.165, 1.54) is 11.3 Å². The van der Waals surface area contributed by atoms with Gasteiger partial charge in [-0.2, -0.15) is 0 Å². The summed E-state index contributed by atoms with van der Waals surface area (Å²) in [7, 11) is 3.11. The van der Waals surface area contributed by atoms with Crippen LogP contribution in [0.1, 0.15) is 49.4 Å². The molecule has 0 bridgehead atoms. The first-order chi connectivity index (χ1) is 21.8. The highest BCUT2D eigenvalue weighted by atomic mass is 35.5. The summed E-state index contributed by atoms with van der Waals surface area (Å²) >= 11 is 13.4. The van der Waals surface area contributed by atoms with Crippen molar-refractivity contribution in [2.45, 2.75) is 39.3 Å². The molecule has 1 atom stereocenters. The van der Waals surface area contributed by atoms with Crippen molar-refractivity contribution in [2.75, 3.05) is 20.8 Å². The van der Waals surface area contributed by atoms with Crippen LogP contribution in [0, 0.1) is 0 Å². The number of aromatic nitrogens is 1. The Hall–Kier alpha value is -4.05. The minimum absolute atomic E-state index is 0.182. The number of benzene rings is 3. The number of rotatable bonds is 11. The summed E-state index contributed by atoms with van der Waals surface area (Å²) in [6, 6.07) is 17.3. The standard InChI is InChI=1S/C34H32Cl2N2O6S/c1-5-7-27-30(33(40)43-6-2)31(24-18-23(41-3)13-15-28(24)42-4)38-32(39)29(45-34(38)37-27)17-20-8-11-22(12-9-20)44-19-21-10-14-25(35)26(36)16-21/h8-18,31H,5-7,19H2,1-4H3/b29-17+/t31-/m0/s1. The van der Waals surface area contributed by atoms with Crippen LogP contribution in [-0.4, -0.2) is 31.4 Å². The van der Waals surface area contributed by atoms with Crippen molar-refractivity contribution < 1.29 is 23.7 Å². The molecule has 0 saturated heterocycles. The Balaban J connectivity index is 1.57. The van der Waals surface area contributed by atoms with Gasteiger partial charge in [0.2, 0.25) is 0 Å². The Morgan fingerprint density at radius 3 is 2.40 bits per heavy atom. The molecule has 0 saturated carbocycles.